The molecule has 2 aromatic heterocycles. The van der Waals surface area contributed by atoms with Crippen molar-refractivity contribution in [1.82, 2.24) is 24.9 Å². The molecular formula is C17H9Cl4N7O6S2. The Bertz CT molecular complexity index is 1650. The van der Waals surface area contributed by atoms with Gasteiger partial charge >= 0.3 is 10.6 Å². The van der Waals surface area contributed by atoms with Gasteiger partial charge in [0.15, 0.2) is 0 Å². The Balaban J connectivity index is 0.000000840. The Morgan fingerprint density at radius 3 is 1.81 bits per heavy atom. The minimum absolute atomic E-state index is 0.0103. The van der Waals surface area contributed by atoms with Gasteiger partial charge in [0, 0.05) is 22.8 Å². The summed E-state index contributed by atoms with van der Waals surface area (Å²) in [5, 5.41) is 6.32. The van der Waals surface area contributed by atoms with Crippen LogP contribution in [0.5, 0.6) is 0 Å². The highest BCUT2D eigenvalue weighted by Gasteiger charge is 2.17. The first-order valence-electron chi connectivity index (χ1n) is 8.93. The molecule has 13 nitrogen and oxygen atoms in total. The van der Waals surface area contributed by atoms with Crippen molar-refractivity contribution in [2.75, 3.05) is 10.6 Å². The summed E-state index contributed by atoms with van der Waals surface area (Å²) < 4.78 is 59.3. The molecule has 19 heteroatoms. The normalized spacial score (nSPS) is 10.9. The molecule has 0 unspecified atom stereocenters. The Labute approximate surface area is 223 Å². The van der Waals surface area contributed by atoms with Gasteiger partial charge in [0.2, 0.25) is 22.5 Å². The third kappa shape index (κ3) is 7.79. The summed E-state index contributed by atoms with van der Waals surface area (Å²) in [6.45, 7) is 0. The van der Waals surface area contributed by atoms with Gasteiger partial charge < -0.3 is 10.6 Å². The van der Waals surface area contributed by atoms with E-state index in [1.54, 1.807) is 18.2 Å². The van der Waals surface area contributed by atoms with Crippen LogP contribution >= 0.6 is 46.4 Å². The molecule has 0 spiro atoms. The second kappa shape index (κ2) is 11.4. The lowest BCUT2D eigenvalue weighted by Crippen LogP contribution is -2.04. The molecule has 2 aromatic carbocycles. The van der Waals surface area contributed by atoms with Gasteiger partial charge in [0.25, 0.3) is 10.1 Å². The smallest absolute Gasteiger partial charge is 0.324 e. The monoisotopic (exact) mass is 611 g/mol. The van der Waals surface area contributed by atoms with Gasteiger partial charge in [-0.1, -0.05) is 29.3 Å². The zero-order valence-corrected chi connectivity index (χ0v) is 21.7. The first kappa shape index (κ1) is 27.7. The number of fused-ring (bicyclic) bond motifs is 1. The molecule has 0 atom stereocenters. The molecule has 0 saturated carbocycles. The Morgan fingerprint density at radius 2 is 1.25 bits per heavy atom. The minimum atomic E-state index is -4.61. The number of nitrogens with one attached hydrogen (secondary N) is 2. The number of nitrogens with zero attached hydrogens (tertiary/aromatic N) is 5. The molecule has 0 aliphatic carbocycles. The summed E-state index contributed by atoms with van der Waals surface area (Å²) in [4.78, 5) is 19.0. The van der Waals surface area contributed by atoms with Gasteiger partial charge in [-0.3, -0.25) is 4.55 Å². The fraction of sp³-hybridized carbons (Fsp3) is 0. The van der Waals surface area contributed by atoms with Gasteiger partial charge in [-0.15, -0.1) is 12.6 Å². The van der Waals surface area contributed by atoms with E-state index in [0.29, 0.717) is 11.1 Å². The Kier molecular flexibility index (Phi) is 8.78. The summed E-state index contributed by atoms with van der Waals surface area (Å²) in [5.41, 5.74) is 0.687. The molecule has 0 amide bonds. The maximum atomic E-state index is 12.1. The molecule has 0 aliphatic heterocycles. The van der Waals surface area contributed by atoms with E-state index in [1.807, 2.05) is 0 Å². The van der Waals surface area contributed by atoms with E-state index in [9.17, 15) is 13.0 Å². The number of benzene rings is 2. The number of hydrogen-bond acceptors (Lipinski definition) is 12. The SMILES string of the molecule is O=S(=O)(O)c1cc(Nc2nc(Cl)nc(Cl)n2)cc2ccc(Nc3nc(Cl)cc(Cl)n3)cc12.O=S(=O)=O. The molecule has 0 fully saturated rings. The molecule has 4 aromatic rings. The highest BCUT2D eigenvalue weighted by molar-refractivity contribution is 7.86. The first-order chi connectivity index (χ1) is 16.8. The second-order valence-corrected chi connectivity index (χ2v) is 9.62. The zero-order valence-electron chi connectivity index (χ0n) is 17.0. The summed E-state index contributed by atoms with van der Waals surface area (Å²) in [6.07, 6.45) is 0. The summed E-state index contributed by atoms with van der Waals surface area (Å²) in [6, 6.07) is 8.96. The molecule has 0 saturated heterocycles. The van der Waals surface area contributed by atoms with Crippen molar-refractivity contribution >= 4 is 101 Å². The fourth-order valence-corrected chi connectivity index (χ4v) is 4.29. The van der Waals surface area contributed by atoms with E-state index in [-0.39, 0.29) is 48.7 Å². The van der Waals surface area contributed by atoms with E-state index >= 15 is 0 Å². The van der Waals surface area contributed by atoms with Crippen molar-refractivity contribution in [2.24, 2.45) is 0 Å². The standard InChI is InChI=1S/C17H9Cl4N7O3S.O3S/c18-12-6-13(19)25-16(24-12)22-8-2-1-7-3-9(5-11(10(7)4-8)32(29,30)31)23-17-27-14(20)26-15(21)28-17;1-4(2)3/h1-6H,(H,22,24,25)(H,29,30,31)(H,23,26,27,28);. The third-order valence-corrected chi connectivity index (χ3v) is 5.57. The van der Waals surface area contributed by atoms with Crippen LogP contribution in [0.2, 0.25) is 20.9 Å². The molecule has 0 radical (unpaired) electrons. The second-order valence-electron chi connectivity index (χ2n) is 6.37. The van der Waals surface area contributed by atoms with Crippen molar-refractivity contribution in [3.63, 3.8) is 0 Å². The quantitative estimate of drug-likeness (QED) is 0.215. The van der Waals surface area contributed by atoms with E-state index in [4.69, 9.17) is 59.0 Å². The predicted molar refractivity (Wildman–Crippen MR) is 132 cm³/mol. The van der Waals surface area contributed by atoms with E-state index in [0.717, 1.165) is 0 Å². The molecule has 188 valence electrons. The van der Waals surface area contributed by atoms with Crippen LogP contribution in [0.25, 0.3) is 10.8 Å². The maximum absolute atomic E-state index is 12.1. The fourth-order valence-electron chi connectivity index (χ4n) is 2.77. The van der Waals surface area contributed by atoms with Crippen molar-refractivity contribution in [2.45, 2.75) is 4.90 Å². The van der Waals surface area contributed by atoms with Gasteiger partial charge in [0.05, 0.1) is 0 Å². The summed E-state index contributed by atoms with van der Waals surface area (Å²) >= 11 is 23.3. The molecule has 0 aliphatic rings. The lowest BCUT2D eigenvalue weighted by molar-refractivity contribution is 0.484. The van der Waals surface area contributed by atoms with Crippen LogP contribution in [0.3, 0.4) is 0 Å². The van der Waals surface area contributed by atoms with Gasteiger partial charge in [-0.05, 0) is 52.9 Å². The van der Waals surface area contributed by atoms with Crippen molar-refractivity contribution in [3.05, 3.63) is 57.3 Å². The Morgan fingerprint density at radius 1 is 0.722 bits per heavy atom. The van der Waals surface area contributed by atoms with Crippen LogP contribution in [-0.2, 0) is 20.7 Å². The average Bonchev–Trinajstić information content (AvgIpc) is 2.71. The molecule has 2 heterocycles. The topological polar surface area (TPSA) is 194 Å². The lowest BCUT2D eigenvalue weighted by atomic mass is 10.1. The van der Waals surface area contributed by atoms with Gasteiger partial charge in [0.1, 0.15) is 15.2 Å². The largest absolute Gasteiger partial charge is 0.425 e. The summed E-state index contributed by atoms with van der Waals surface area (Å²) in [7, 11) is -7.72. The number of rotatable bonds is 5. The average molecular weight is 613 g/mol. The maximum Gasteiger partial charge on any atom is 0.425 e. The lowest BCUT2D eigenvalue weighted by Gasteiger charge is -2.12. The predicted octanol–water partition coefficient (Wildman–Crippen LogP) is 4.16. The number of aromatic nitrogens is 5. The van der Waals surface area contributed by atoms with Crippen LogP contribution in [0, 0.1) is 0 Å². The minimum Gasteiger partial charge on any atom is -0.324 e. The number of hydrogen-bond donors (Lipinski definition) is 3. The van der Waals surface area contributed by atoms with Crippen molar-refractivity contribution in [3.8, 4) is 0 Å². The molecule has 0 bridgehead atoms. The number of halogens is 4. The van der Waals surface area contributed by atoms with Crippen molar-refractivity contribution < 1.29 is 25.6 Å². The van der Waals surface area contributed by atoms with E-state index < -0.39 is 20.7 Å². The van der Waals surface area contributed by atoms with Crippen LogP contribution < -0.4 is 10.6 Å². The number of anilines is 4. The van der Waals surface area contributed by atoms with Crippen molar-refractivity contribution in [1.29, 1.82) is 0 Å². The summed E-state index contributed by atoms with van der Waals surface area (Å²) in [5.74, 6) is 0.0982. The van der Waals surface area contributed by atoms with Crippen LogP contribution in [0.15, 0.2) is 41.3 Å². The first-order valence-corrected chi connectivity index (χ1v) is 12.9. The molecule has 4 rings (SSSR count). The van der Waals surface area contributed by atoms with Crippen LogP contribution in [0.1, 0.15) is 0 Å². The Hall–Kier alpha value is -2.92. The molecular weight excluding hydrogens is 604 g/mol. The van der Waals surface area contributed by atoms with E-state index in [2.05, 4.69) is 35.6 Å². The van der Waals surface area contributed by atoms with Gasteiger partial charge in [-0.25, -0.2) is 9.97 Å². The third-order valence-electron chi connectivity index (χ3n) is 3.95. The highest BCUT2D eigenvalue weighted by atomic mass is 35.5. The molecule has 36 heavy (non-hydrogen) atoms. The highest BCUT2D eigenvalue weighted by Crippen LogP contribution is 2.32. The van der Waals surface area contributed by atoms with Crippen LogP contribution in [-0.4, -0.2) is 50.5 Å². The van der Waals surface area contributed by atoms with E-state index in [1.165, 1.54) is 18.2 Å². The van der Waals surface area contributed by atoms with Crippen LogP contribution in [0.4, 0.5) is 23.3 Å². The zero-order chi connectivity index (χ0) is 26.6. The van der Waals surface area contributed by atoms with Gasteiger partial charge in [-0.2, -0.15) is 23.4 Å². The molecule has 3 N–H and O–H groups in total.